The molecular formula is C35H28BrN3O4S2. The van der Waals surface area contributed by atoms with E-state index in [2.05, 4.69) is 56.5 Å². The number of nitrogens with zero attached hydrogens (tertiary/aromatic N) is 3. The third-order valence-electron chi connectivity index (χ3n) is 7.33. The summed E-state index contributed by atoms with van der Waals surface area (Å²) in [5.74, 6) is -0.526. The maximum Gasteiger partial charge on any atom is 0.301 e. The molecule has 1 atom stereocenters. The largest absolute Gasteiger partial charge is 0.507 e. The smallest absolute Gasteiger partial charge is 0.301 e. The number of thioether (sulfide) groups is 1. The third-order valence-corrected chi connectivity index (χ3v) is 9.99. The summed E-state index contributed by atoms with van der Waals surface area (Å²) in [7, 11) is 0. The highest BCUT2D eigenvalue weighted by atomic mass is 79.9. The number of carbonyl (C=O) groups is 2. The fourth-order valence-electron chi connectivity index (χ4n) is 5.01. The second kappa shape index (κ2) is 13.4. The van der Waals surface area contributed by atoms with E-state index in [9.17, 15) is 14.7 Å². The molecule has 0 spiro atoms. The van der Waals surface area contributed by atoms with Crippen molar-refractivity contribution in [2.75, 3.05) is 4.90 Å². The van der Waals surface area contributed by atoms with Crippen molar-refractivity contribution in [2.24, 2.45) is 0 Å². The summed E-state index contributed by atoms with van der Waals surface area (Å²) in [6.45, 7) is 4.47. The first-order valence-electron chi connectivity index (χ1n) is 14.1. The fraction of sp³-hybridized carbons (Fsp3) is 0.143. The van der Waals surface area contributed by atoms with Gasteiger partial charge in [-0.3, -0.25) is 14.5 Å². The topological polar surface area (TPSA) is 92.6 Å². The van der Waals surface area contributed by atoms with E-state index >= 15 is 0 Å². The first-order chi connectivity index (χ1) is 21.8. The zero-order valence-electron chi connectivity index (χ0n) is 24.4. The van der Waals surface area contributed by atoms with Crippen LogP contribution in [0.15, 0.2) is 111 Å². The van der Waals surface area contributed by atoms with Gasteiger partial charge in [-0.25, -0.2) is 0 Å². The Morgan fingerprint density at radius 3 is 2.36 bits per heavy atom. The van der Waals surface area contributed by atoms with Crippen LogP contribution in [-0.4, -0.2) is 27.0 Å². The van der Waals surface area contributed by atoms with Crippen molar-refractivity contribution in [3.05, 3.63) is 140 Å². The van der Waals surface area contributed by atoms with Crippen LogP contribution in [0.2, 0.25) is 0 Å². The molecule has 1 saturated heterocycles. The lowest BCUT2D eigenvalue weighted by atomic mass is 9.95. The number of hydrogen-bond acceptors (Lipinski definition) is 8. The van der Waals surface area contributed by atoms with Crippen molar-refractivity contribution in [1.29, 1.82) is 0 Å². The van der Waals surface area contributed by atoms with E-state index in [4.69, 9.17) is 4.74 Å². The molecule has 1 amide bonds. The maximum atomic E-state index is 13.6. The van der Waals surface area contributed by atoms with Gasteiger partial charge in [0.15, 0.2) is 4.34 Å². The molecule has 10 heteroatoms. The van der Waals surface area contributed by atoms with Gasteiger partial charge in [0.1, 0.15) is 18.1 Å². The van der Waals surface area contributed by atoms with E-state index < -0.39 is 17.7 Å². The summed E-state index contributed by atoms with van der Waals surface area (Å²) in [5, 5.41) is 20.4. The van der Waals surface area contributed by atoms with Crippen LogP contribution in [0.25, 0.3) is 5.76 Å². The lowest BCUT2D eigenvalue weighted by Crippen LogP contribution is -2.29. The predicted octanol–water partition coefficient (Wildman–Crippen LogP) is 8.42. The number of benzene rings is 4. The van der Waals surface area contributed by atoms with Gasteiger partial charge in [-0.15, -0.1) is 10.2 Å². The molecule has 0 saturated carbocycles. The number of hydrogen-bond donors (Lipinski definition) is 1. The van der Waals surface area contributed by atoms with Crippen molar-refractivity contribution >= 4 is 61.6 Å². The summed E-state index contributed by atoms with van der Waals surface area (Å²) in [6.07, 6.45) is 0. The first kappa shape index (κ1) is 30.8. The Balaban J connectivity index is 1.29. The first-order valence-corrected chi connectivity index (χ1v) is 16.7. The van der Waals surface area contributed by atoms with Crippen molar-refractivity contribution in [3.8, 4) is 5.75 Å². The Morgan fingerprint density at radius 2 is 1.64 bits per heavy atom. The average molecular weight is 699 g/mol. The Labute approximate surface area is 277 Å². The second-order valence-electron chi connectivity index (χ2n) is 10.6. The molecule has 2 heterocycles. The molecular weight excluding hydrogens is 670 g/mol. The Hall–Kier alpha value is -4.25. The Morgan fingerprint density at radius 1 is 0.911 bits per heavy atom. The minimum Gasteiger partial charge on any atom is -0.507 e. The van der Waals surface area contributed by atoms with Crippen LogP contribution in [0.3, 0.4) is 0 Å². The number of aliphatic hydroxyl groups is 1. The molecule has 1 fully saturated rings. The monoisotopic (exact) mass is 697 g/mol. The molecule has 7 nitrogen and oxygen atoms in total. The fourth-order valence-corrected chi connectivity index (χ4v) is 7.10. The molecule has 5 aromatic rings. The molecule has 1 aromatic heterocycles. The van der Waals surface area contributed by atoms with Gasteiger partial charge in [0, 0.05) is 15.8 Å². The second-order valence-corrected chi connectivity index (χ2v) is 13.7. The minimum absolute atomic E-state index is 0.0141. The van der Waals surface area contributed by atoms with Crippen molar-refractivity contribution in [2.45, 2.75) is 36.6 Å². The molecule has 0 aliphatic carbocycles. The van der Waals surface area contributed by atoms with E-state index in [1.54, 1.807) is 24.3 Å². The molecule has 1 aliphatic rings. The van der Waals surface area contributed by atoms with Crippen LogP contribution < -0.4 is 9.64 Å². The van der Waals surface area contributed by atoms with Crippen molar-refractivity contribution in [3.63, 3.8) is 0 Å². The predicted molar refractivity (Wildman–Crippen MR) is 182 cm³/mol. The van der Waals surface area contributed by atoms with Crippen LogP contribution in [0.5, 0.6) is 5.75 Å². The zero-order chi connectivity index (χ0) is 31.5. The van der Waals surface area contributed by atoms with Crippen LogP contribution in [0.4, 0.5) is 5.13 Å². The van der Waals surface area contributed by atoms with E-state index in [1.165, 1.54) is 33.6 Å². The zero-order valence-corrected chi connectivity index (χ0v) is 27.7. The highest BCUT2D eigenvalue weighted by molar-refractivity contribution is 9.10. The summed E-state index contributed by atoms with van der Waals surface area (Å²) in [4.78, 5) is 28.5. The molecule has 226 valence electrons. The van der Waals surface area contributed by atoms with Crippen LogP contribution >= 0.6 is 39.0 Å². The molecule has 1 N–H and O–H groups in total. The Bertz CT molecular complexity index is 1890. The van der Waals surface area contributed by atoms with Gasteiger partial charge < -0.3 is 9.84 Å². The van der Waals surface area contributed by atoms with E-state index in [1.807, 2.05) is 56.3 Å². The number of aliphatic hydroxyl groups excluding tert-OH is 1. The van der Waals surface area contributed by atoms with E-state index in [0.717, 1.165) is 21.2 Å². The summed E-state index contributed by atoms with van der Waals surface area (Å²) < 4.78 is 7.44. The van der Waals surface area contributed by atoms with Gasteiger partial charge in [-0.1, -0.05) is 111 Å². The normalized spacial score (nSPS) is 15.9. The quantitative estimate of drug-likeness (QED) is 0.0544. The van der Waals surface area contributed by atoms with Gasteiger partial charge in [-0.2, -0.15) is 0 Å². The highest BCUT2D eigenvalue weighted by Gasteiger charge is 2.48. The lowest BCUT2D eigenvalue weighted by molar-refractivity contribution is -0.132. The standard InChI is InChI=1S/C35H28BrN3O4S2/c1-21-6-8-23(9-7-21)20-44-35-38-37-34(45-35)39-30(25-10-14-27(36)15-11-25)29(32(41)33(39)42)31(40)26-12-16-28(17-13-26)43-19-24-5-3-4-22(2)18-24/h3-18,30,40H,19-20H2,1-2H3/b31-29+. The summed E-state index contributed by atoms with van der Waals surface area (Å²) >= 11 is 6.21. The highest BCUT2D eigenvalue weighted by Crippen LogP contribution is 2.44. The third kappa shape index (κ3) is 6.88. The van der Waals surface area contributed by atoms with Gasteiger partial charge in [-0.05, 0) is 66.9 Å². The van der Waals surface area contributed by atoms with Gasteiger partial charge >= 0.3 is 5.91 Å². The molecule has 4 aromatic carbocycles. The number of anilines is 1. The number of Topliss-reactive ketones (excluding diaryl/α,β-unsaturated/α-hetero) is 1. The summed E-state index contributed by atoms with van der Waals surface area (Å²) in [6, 6.07) is 29.6. The lowest BCUT2D eigenvalue weighted by Gasteiger charge is -2.22. The van der Waals surface area contributed by atoms with Crippen LogP contribution in [0.1, 0.15) is 39.4 Å². The number of ether oxygens (including phenoxy) is 1. The molecule has 1 aliphatic heterocycles. The summed E-state index contributed by atoms with van der Waals surface area (Å²) in [5.41, 5.74) is 5.56. The maximum absolute atomic E-state index is 13.6. The van der Waals surface area contributed by atoms with E-state index in [0.29, 0.717) is 33.6 Å². The Kier molecular flexibility index (Phi) is 9.16. The van der Waals surface area contributed by atoms with Crippen LogP contribution in [0, 0.1) is 13.8 Å². The minimum atomic E-state index is -0.891. The number of halogens is 1. The number of rotatable bonds is 9. The van der Waals surface area contributed by atoms with Crippen molar-refractivity contribution in [1.82, 2.24) is 10.2 Å². The van der Waals surface area contributed by atoms with Gasteiger partial charge in [0.05, 0.1) is 11.6 Å². The van der Waals surface area contributed by atoms with Gasteiger partial charge in [0.25, 0.3) is 5.78 Å². The molecule has 0 bridgehead atoms. The molecule has 1 unspecified atom stereocenters. The number of ketones is 1. The number of aromatic nitrogens is 2. The van der Waals surface area contributed by atoms with Gasteiger partial charge in [0.2, 0.25) is 5.13 Å². The number of aryl methyl sites for hydroxylation is 2. The molecule has 0 radical (unpaired) electrons. The number of carbonyl (C=O) groups excluding carboxylic acids is 2. The molecule has 45 heavy (non-hydrogen) atoms. The van der Waals surface area contributed by atoms with Crippen molar-refractivity contribution < 1.29 is 19.4 Å². The van der Waals surface area contributed by atoms with E-state index in [-0.39, 0.29) is 16.5 Å². The average Bonchev–Trinajstić information content (AvgIpc) is 3.62. The molecule has 6 rings (SSSR count). The SMILES string of the molecule is Cc1ccc(CSc2nnc(N3C(=O)C(=O)/C(=C(/O)c4ccc(OCc5cccc(C)c5)cc4)C3c3ccc(Br)cc3)s2)cc1. The number of amides is 1. The van der Waals surface area contributed by atoms with Crippen LogP contribution in [-0.2, 0) is 21.9 Å².